The third-order valence-corrected chi connectivity index (χ3v) is 4.90. The van der Waals surface area contributed by atoms with Crippen LogP contribution in [0, 0.1) is 6.92 Å². The SMILES string of the molecule is COc1ccc(S(=O)(=O)Nc2oc(C)c(C(C)=O)c2C(N)=O)cc1OC. The second kappa shape index (κ2) is 7.08. The highest BCUT2D eigenvalue weighted by atomic mass is 32.2. The van der Waals surface area contributed by atoms with Crippen molar-refractivity contribution in [2.24, 2.45) is 5.73 Å². The third-order valence-electron chi connectivity index (χ3n) is 3.58. The van der Waals surface area contributed by atoms with E-state index < -0.39 is 27.6 Å². The summed E-state index contributed by atoms with van der Waals surface area (Å²) in [7, 11) is -1.38. The molecule has 1 heterocycles. The minimum atomic E-state index is -4.15. The van der Waals surface area contributed by atoms with Gasteiger partial charge in [0, 0.05) is 6.07 Å². The average molecular weight is 382 g/mol. The summed E-state index contributed by atoms with van der Waals surface area (Å²) in [5.74, 6) is -1.26. The van der Waals surface area contributed by atoms with Gasteiger partial charge < -0.3 is 19.6 Å². The molecule has 1 amide bonds. The molecule has 0 aliphatic rings. The van der Waals surface area contributed by atoms with Crippen molar-refractivity contribution in [2.75, 3.05) is 18.9 Å². The van der Waals surface area contributed by atoms with Crippen LogP contribution in [-0.2, 0) is 10.0 Å². The second-order valence-electron chi connectivity index (χ2n) is 5.28. The Kier molecular flexibility index (Phi) is 5.26. The minimum absolute atomic E-state index is 0.0671. The molecule has 0 fully saturated rings. The Bertz CT molecular complexity index is 977. The first-order chi connectivity index (χ1) is 12.1. The van der Waals surface area contributed by atoms with E-state index in [1.807, 2.05) is 0 Å². The molecule has 0 saturated heterocycles. The molecule has 2 rings (SSSR count). The lowest BCUT2D eigenvalue weighted by Crippen LogP contribution is -2.19. The molecule has 140 valence electrons. The van der Waals surface area contributed by atoms with Gasteiger partial charge in [0.2, 0.25) is 5.88 Å². The van der Waals surface area contributed by atoms with Crippen LogP contribution in [0.25, 0.3) is 0 Å². The number of anilines is 1. The average Bonchev–Trinajstić information content (AvgIpc) is 2.89. The predicted molar refractivity (Wildman–Crippen MR) is 92.3 cm³/mol. The molecule has 1 aromatic heterocycles. The van der Waals surface area contributed by atoms with E-state index in [1.165, 1.54) is 46.3 Å². The number of ether oxygens (including phenoxy) is 2. The summed E-state index contributed by atoms with van der Waals surface area (Å²) in [6, 6.07) is 3.94. The van der Waals surface area contributed by atoms with Crippen molar-refractivity contribution in [2.45, 2.75) is 18.7 Å². The lowest BCUT2D eigenvalue weighted by atomic mass is 10.1. The molecule has 1 aromatic carbocycles. The zero-order valence-corrected chi connectivity index (χ0v) is 15.4. The normalized spacial score (nSPS) is 11.1. The molecule has 3 N–H and O–H groups in total. The number of primary amides is 1. The smallest absolute Gasteiger partial charge is 0.264 e. The first-order valence-corrected chi connectivity index (χ1v) is 8.79. The van der Waals surface area contributed by atoms with Gasteiger partial charge >= 0.3 is 0 Å². The summed E-state index contributed by atoms with van der Waals surface area (Å²) in [6.07, 6.45) is 0. The third kappa shape index (κ3) is 3.49. The van der Waals surface area contributed by atoms with Crippen molar-refractivity contribution in [1.29, 1.82) is 0 Å². The molecule has 0 unspecified atom stereocenters. The number of sulfonamides is 1. The van der Waals surface area contributed by atoms with Crippen molar-refractivity contribution in [3.63, 3.8) is 0 Å². The van der Waals surface area contributed by atoms with E-state index in [1.54, 1.807) is 0 Å². The van der Waals surface area contributed by atoms with E-state index in [-0.39, 0.29) is 27.5 Å². The number of carbonyl (C=O) groups excluding carboxylic acids is 2. The van der Waals surface area contributed by atoms with Gasteiger partial charge in [0.05, 0.1) is 24.7 Å². The Morgan fingerprint density at radius 3 is 2.23 bits per heavy atom. The van der Waals surface area contributed by atoms with Gasteiger partial charge in [-0.3, -0.25) is 9.59 Å². The first-order valence-electron chi connectivity index (χ1n) is 7.31. The maximum Gasteiger partial charge on any atom is 0.264 e. The van der Waals surface area contributed by atoms with E-state index in [4.69, 9.17) is 19.6 Å². The lowest BCUT2D eigenvalue weighted by molar-refractivity contribution is 0.0974. The van der Waals surface area contributed by atoms with Crippen molar-refractivity contribution in [3.8, 4) is 11.5 Å². The predicted octanol–water partition coefficient (Wildman–Crippen LogP) is 1.71. The maximum absolute atomic E-state index is 12.6. The van der Waals surface area contributed by atoms with Crippen LogP contribution in [0.3, 0.4) is 0 Å². The van der Waals surface area contributed by atoms with Gasteiger partial charge in [-0.2, -0.15) is 0 Å². The fourth-order valence-corrected chi connectivity index (χ4v) is 3.46. The summed E-state index contributed by atoms with van der Waals surface area (Å²) in [6.45, 7) is 2.65. The van der Waals surface area contributed by atoms with E-state index in [0.29, 0.717) is 5.75 Å². The highest BCUT2D eigenvalue weighted by molar-refractivity contribution is 7.92. The van der Waals surface area contributed by atoms with Crippen molar-refractivity contribution in [3.05, 3.63) is 35.1 Å². The Balaban J connectivity index is 2.53. The Hall–Kier alpha value is -3.01. The van der Waals surface area contributed by atoms with Gasteiger partial charge in [-0.25, -0.2) is 13.1 Å². The molecule has 9 nitrogen and oxygen atoms in total. The van der Waals surface area contributed by atoms with E-state index in [2.05, 4.69) is 4.72 Å². The van der Waals surface area contributed by atoms with Crippen LogP contribution in [-0.4, -0.2) is 34.3 Å². The number of methoxy groups -OCH3 is 2. The van der Waals surface area contributed by atoms with Crippen molar-refractivity contribution in [1.82, 2.24) is 0 Å². The number of ketones is 1. The zero-order valence-electron chi connectivity index (χ0n) is 14.6. The molecular weight excluding hydrogens is 364 g/mol. The molecule has 10 heteroatoms. The van der Waals surface area contributed by atoms with Gasteiger partial charge in [-0.15, -0.1) is 0 Å². The molecule has 2 aromatic rings. The molecule has 0 bridgehead atoms. The Morgan fingerprint density at radius 2 is 1.73 bits per heavy atom. The fourth-order valence-electron chi connectivity index (χ4n) is 2.44. The van der Waals surface area contributed by atoms with Crippen LogP contribution in [0.1, 0.15) is 33.4 Å². The summed E-state index contributed by atoms with van der Waals surface area (Å²) in [4.78, 5) is 23.3. The molecule has 0 spiro atoms. The number of rotatable bonds is 7. The molecule has 0 saturated carbocycles. The van der Waals surface area contributed by atoms with Crippen molar-refractivity contribution >= 4 is 27.6 Å². The number of amides is 1. The van der Waals surface area contributed by atoms with E-state index >= 15 is 0 Å². The highest BCUT2D eigenvalue weighted by Crippen LogP contribution is 2.32. The number of benzene rings is 1. The number of furan rings is 1. The first kappa shape index (κ1) is 19.3. The van der Waals surface area contributed by atoms with Gasteiger partial charge in [0.25, 0.3) is 15.9 Å². The van der Waals surface area contributed by atoms with E-state index in [0.717, 1.165) is 0 Å². The Labute approximate surface area is 150 Å². The fraction of sp³-hybridized carbons (Fsp3) is 0.250. The van der Waals surface area contributed by atoms with E-state index in [9.17, 15) is 18.0 Å². The summed E-state index contributed by atoms with van der Waals surface area (Å²) in [5, 5.41) is 0. The van der Waals surface area contributed by atoms with Crippen molar-refractivity contribution < 1.29 is 31.9 Å². The second-order valence-corrected chi connectivity index (χ2v) is 6.96. The number of Topliss-reactive ketones (excluding diaryl/α,β-unsaturated/α-hetero) is 1. The molecule has 0 atom stereocenters. The number of nitrogens with two attached hydrogens (primary N) is 1. The van der Waals surface area contributed by atoms with Crippen LogP contribution in [0.2, 0.25) is 0 Å². The largest absolute Gasteiger partial charge is 0.493 e. The quantitative estimate of drug-likeness (QED) is 0.695. The van der Waals surface area contributed by atoms with Gasteiger partial charge in [0.1, 0.15) is 11.3 Å². The van der Waals surface area contributed by atoms with Crippen LogP contribution < -0.4 is 19.9 Å². The number of carbonyl (C=O) groups is 2. The van der Waals surface area contributed by atoms with Crippen LogP contribution >= 0.6 is 0 Å². The zero-order chi connectivity index (χ0) is 19.6. The Morgan fingerprint density at radius 1 is 1.12 bits per heavy atom. The summed E-state index contributed by atoms with van der Waals surface area (Å²) < 4.78 is 42.8. The van der Waals surface area contributed by atoms with Gasteiger partial charge in [0.15, 0.2) is 17.3 Å². The maximum atomic E-state index is 12.6. The molecule has 0 aliphatic carbocycles. The number of aryl methyl sites for hydroxylation is 1. The van der Waals surface area contributed by atoms with Gasteiger partial charge in [-0.05, 0) is 26.0 Å². The van der Waals surface area contributed by atoms with Gasteiger partial charge in [-0.1, -0.05) is 0 Å². The van der Waals surface area contributed by atoms with Crippen LogP contribution in [0.4, 0.5) is 5.88 Å². The number of hydrogen-bond acceptors (Lipinski definition) is 7. The lowest BCUT2D eigenvalue weighted by Gasteiger charge is -2.11. The number of hydrogen-bond donors (Lipinski definition) is 2. The minimum Gasteiger partial charge on any atom is -0.493 e. The topological polar surface area (TPSA) is 138 Å². The molecule has 0 aliphatic heterocycles. The van der Waals surface area contributed by atoms with Crippen LogP contribution in [0.5, 0.6) is 11.5 Å². The highest BCUT2D eigenvalue weighted by Gasteiger charge is 2.28. The molecule has 0 radical (unpaired) electrons. The molecule has 26 heavy (non-hydrogen) atoms. The summed E-state index contributed by atoms with van der Waals surface area (Å²) in [5.41, 5.74) is 4.90. The van der Waals surface area contributed by atoms with Crippen LogP contribution in [0.15, 0.2) is 27.5 Å². The molecular formula is C16H18N2O7S. The number of nitrogens with one attached hydrogen (secondary N) is 1. The monoisotopic (exact) mass is 382 g/mol. The summed E-state index contributed by atoms with van der Waals surface area (Å²) >= 11 is 0. The standard InChI is InChI=1S/C16H18N2O7S/c1-8(19)13-9(2)25-16(14(13)15(17)20)18-26(21,22)10-5-6-11(23-3)12(7-10)24-4/h5-7,18H,1-4H3,(H2,17,20).